The number of nitrogens with zero attached hydrogens (tertiary/aromatic N) is 2. The molecule has 0 bridgehead atoms. The number of anilines is 1. The van der Waals surface area contributed by atoms with E-state index in [1.807, 2.05) is 6.07 Å². The Bertz CT molecular complexity index is 1160. The van der Waals surface area contributed by atoms with E-state index < -0.39 is 34.0 Å². The van der Waals surface area contributed by atoms with Crippen molar-refractivity contribution in [3.63, 3.8) is 0 Å². The predicted molar refractivity (Wildman–Crippen MR) is 125 cm³/mol. The number of benzene rings is 2. The molecule has 1 amide bonds. The summed E-state index contributed by atoms with van der Waals surface area (Å²) < 4.78 is 33.0. The summed E-state index contributed by atoms with van der Waals surface area (Å²) in [6.45, 7) is 8.14. The molecular formula is C24H29N3O5S. The lowest BCUT2D eigenvalue weighted by Gasteiger charge is -2.27. The molecule has 0 aliphatic rings. The minimum Gasteiger partial charge on any atom is -0.452 e. The number of ether oxygens (including phenoxy) is 1. The first kappa shape index (κ1) is 25.9. The average molecular weight is 472 g/mol. The number of nitrogens with one attached hydrogen (secondary N) is 1. The Hall–Kier alpha value is -3.38. The van der Waals surface area contributed by atoms with Crippen molar-refractivity contribution in [1.29, 1.82) is 5.26 Å². The van der Waals surface area contributed by atoms with Crippen LogP contribution >= 0.6 is 0 Å². The number of hydrogen-bond donors (Lipinski definition) is 1. The second-order valence-corrected chi connectivity index (χ2v) is 9.91. The molecule has 0 spiro atoms. The number of carbonyl (C=O) groups is 2. The van der Waals surface area contributed by atoms with Gasteiger partial charge in [-0.15, -0.1) is 0 Å². The lowest BCUT2D eigenvalue weighted by atomic mass is 9.90. The summed E-state index contributed by atoms with van der Waals surface area (Å²) in [4.78, 5) is 24.7. The maximum Gasteiger partial charge on any atom is 0.338 e. The van der Waals surface area contributed by atoms with Crippen LogP contribution in [0.15, 0.2) is 53.4 Å². The van der Waals surface area contributed by atoms with Crippen LogP contribution in [0.4, 0.5) is 5.69 Å². The predicted octanol–water partition coefficient (Wildman–Crippen LogP) is 3.42. The second kappa shape index (κ2) is 10.5. The number of sulfonamides is 1. The molecule has 0 aromatic heterocycles. The molecule has 2 rings (SSSR count). The van der Waals surface area contributed by atoms with Gasteiger partial charge >= 0.3 is 5.97 Å². The Labute approximate surface area is 195 Å². The summed E-state index contributed by atoms with van der Waals surface area (Å²) in [5.41, 5.74) is -0.117. The zero-order valence-electron chi connectivity index (χ0n) is 19.5. The van der Waals surface area contributed by atoms with Gasteiger partial charge in [0.25, 0.3) is 15.9 Å². The molecule has 0 radical (unpaired) electrons. The topological polar surface area (TPSA) is 117 Å². The number of hydrogen-bond acceptors (Lipinski definition) is 6. The van der Waals surface area contributed by atoms with E-state index in [2.05, 4.69) is 5.32 Å². The first-order valence-corrected chi connectivity index (χ1v) is 12.0. The van der Waals surface area contributed by atoms with Crippen molar-refractivity contribution in [2.75, 3.05) is 17.5 Å². The normalized spacial score (nSPS) is 13.0. The molecule has 0 aliphatic carbocycles. The van der Waals surface area contributed by atoms with Crippen LogP contribution in [-0.4, -0.2) is 39.0 Å². The highest BCUT2D eigenvalue weighted by atomic mass is 32.2. The van der Waals surface area contributed by atoms with Crippen LogP contribution in [-0.2, 0) is 19.6 Å². The number of carbonyl (C=O) groups excluding carboxylic acids is 2. The Morgan fingerprint density at radius 1 is 1.18 bits per heavy atom. The van der Waals surface area contributed by atoms with Crippen molar-refractivity contribution in [1.82, 2.24) is 5.32 Å². The lowest BCUT2D eigenvalue weighted by molar-refractivity contribution is -0.125. The van der Waals surface area contributed by atoms with Gasteiger partial charge in [0.05, 0.1) is 22.2 Å². The molecule has 0 fully saturated rings. The Morgan fingerprint density at radius 2 is 1.82 bits per heavy atom. The molecule has 1 atom stereocenters. The van der Waals surface area contributed by atoms with Gasteiger partial charge in [-0.1, -0.05) is 38.1 Å². The summed E-state index contributed by atoms with van der Waals surface area (Å²) >= 11 is 0. The van der Waals surface area contributed by atoms with E-state index in [9.17, 15) is 23.3 Å². The van der Waals surface area contributed by atoms with Crippen molar-refractivity contribution in [3.05, 3.63) is 59.7 Å². The van der Waals surface area contributed by atoms with E-state index in [-0.39, 0.29) is 22.9 Å². The number of para-hydroxylation sites is 1. The van der Waals surface area contributed by atoms with Crippen LogP contribution in [0.5, 0.6) is 0 Å². The average Bonchev–Trinajstić information content (AvgIpc) is 2.78. The SMILES string of the molecule is CCN(c1ccccc1)S(=O)(=O)c1cc(C(=O)OCC(=O)N[C@](C)(C#N)C(C)C)ccc1C. The summed E-state index contributed by atoms with van der Waals surface area (Å²) in [5.74, 6) is -1.62. The second-order valence-electron chi connectivity index (χ2n) is 8.08. The largest absolute Gasteiger partial charge is 0.452 e. The van der Waals surface area contributed by atoms with Crippen molar-refractivity contribution < 1.29 is 22.7 Å². The molecule has 2 aromatic carbocycles. The molecule has 0 saturated heterocycles. The zero-order chi connectivity index (χ0) is 24.8. The van der Waals surface area contributed by atoms with Crippen LogP contribution in [0, 0.1) is 24.2 Å². The van der Waals surface area contributed by atoms with Crippen molar-refractivity contribution in [2.24, 2.45) is 5.92 Å². The van der Waals surface area contributed by atoms with E-state index >= 15 is 0 Å². The van der Waals surface area contributed by atoms with Crippen LogP contribution < -0.4 is 9.62 Å². The fourth-order valence-electron chi connectivity index (χ4n) is 3.05. The molecule has 0 heterocycles. The van der Waals surface area contributed by atoms with E-state index in [1.54, 1.807) is 65.0 Å². The highest BCUT2D eigenvalue weighted by Crippen LogP contribution is 2.26. The monoisotopic (exact) mass is 471 g/mol. The highest BCUT2D eigenvalue weighted by Gasteiger charge is 2.30. The summed E-state index contributed by atoms with van der Waals surface area (Å²) in [6, 6.07) is 14.9. The van der Waals surface area contributed by atoms with Gasteiger partial charge in [-0.3, -0.25) is 9.10 Å². The molecule has 1 N–H and O–H groups in total. The Kier molecular flexibility index (Phi) is 8.23. The van der Waals surface area contributed by atoms with Crippen LogP contribution in [0.25, 0.3) is 0 Å². The summed E-state index contributed by atoms with van der Waals surface area (Å²) in [6.07, 6.45) is 0. The van der Waals surface area contributed by atoms with E-state index in [4.69, 9.17) is 4.74 Å². The minimum absolute atomic E-state index is 0.00277. The van der Waals surface area contributed by atoms with Gasteiger partial charge in [-0.25, -0.2) is 13.2 Å². The standard InChI is InChI=1S/C24H29N3O5S/c1-6-27(20-10-8-7-9-11-20)33(30,31)21-14-19(13-12-18(21)4)23(29)32-15-22(28)26-24(5,16-25)17(2)3/h7-14,17H,6,15H2,1-5H3,(H,26,28)/t24-/m1/s1. The third kappa shape index (κ3) is 5.90. The molecule has 0 unspecified atom stereocenters. The fourth-order valence-corrected chi connectivity index (χ4v) is 4.78. The van der Waals surface area contributed by atoms with Gasteiger partial charge < -0.3 is 10.1 Å². The first-order chi connectivity index (χ1) is 15.5. The van der Waals surface area contributed by atoms with Crippen molar-refractivity contribution in [2.45, 2.75) is 45.1 Å². The van der Waals surface area contributed by atoms with Crippen molar-refractivity contribution >= 4 is 27.6 Å². The maximum atomic E-state index is 13.4. The van der Waals surface area contributed by atoms with Crippen molar-refractivity contribution in [3.8, 4) is 6.07 Å². The number of esters is 1. The molecule has 33 heavy (non-hydrogen) atoms. The third-order valence-corrected chi connectivity index (χ3v) is 7.49. The number of aryl methyl sites for hydroxylation is 1. The van der Waals surface area contributed by atoms with Gasteiger partial charge in [0.15, 0.2) is 6.61 Å². The number of nitriles is 1. The minimum atomic E-state index is -3.95. The van der Waals surface area contributed by atoms with Crippen LogP contribution in [0.2, 0.25) is 0 Å². The Balaban J connectivity index is 2.23. The molecule has 9 heteroatoms. The van der Waals surface area contributed by atoms with Gasteiger partial charge in [0.2, 0.25) is 0 Å². The molecule has 176 valence electrons. The summed E-state index contributed by atoms with van der Waals surface area (Å²) in [7, 11) is -3.95. The third-order valence-electron chi connectivity index (χ3n) is 5.44. The molecule has 0 aliphatic heterocycles. The fraction of sp³-hybridized carbons (Fsp3) is 0.375. The number of rotatable bonds is 9. The molecule has 2 aromatic rings. The molecule has 0 saturated carbocycles. The highest BCUT2D eigenvalue weighted by molar-refractivity contribution is 7.92. The lowest BCUT2D eigenvalue weighted by Crippen LogP contribution is -2.50. The quantitative estimate of drug-likeness (QED) is 0.560. The smallest absolute Gasteiger partial charge is 0.338 e. The molecule has 8 nitrogen and oxygen atoms in total. The van der Waals surface area contributed by atoms with Crippen LogP contribution in [0.3, 0.4) is 0 Å². The van der Waals surface area contributed by atoms with Gasteiger partial charge in [-0.2, -0.15) is 5.26 Å². The zero-order valence-corrected chi connectivity index (χ0v) is 20.3. The van der Waals surface area contributed by atoms with E-state index in [0.29, 0.717) is 11.3 Å². The van der Waals surface area contributed by atoms with E-state index in [1.165, 1.54) is 22.5 Å². The number of amides is 1. The van der Waals surface area contributed by atoms with Gasteiger partial charge in [0, 0.05) is 6.54 Å². The molecular weight excluding hydrogens is 442 g/mol. The summed E-state index contributed by atoms with van der Waals surface area (Å²) in [5, 5.41) is 11.9. The first-order valence-electron chi connectivity index (χ1n) is 10.5. The van der Waals surface area contributed by atoms with Gasteiger partial charge in [0.1, 0.15) is 5.54 Å². The maximum absolute atomic E-state index is 13.4. The van der Waals surface area contributed by atoms with Crippen LogP contribution in [0.1, 0.15) is 43.6 Å². The van der Waals surface area contributed by atoms with Gasteiger partial charge in [-0.05, 0) is 56.5 Å². The Morgan fingerprint density at radius 3 is 2.36 bits per heavy atom. The van der Waals surface area contributed by atoms with E-state index in [0.717, 1.165) is 0 Å².